The minimum atomic E-state index is -0.688. The molecule has 0 aliphatic heterocycles. The van der Waals surface area contributed by atoms with Gasteiger partial charge in [-0.1, -0.05) is 72.3 Å². The quantitative estimate of drug-likeness (QED) is 0.464. The number of nitrogens with one attached hydrogen (secondary N) is 1. The maximum absolute atomic E-state index is 13.6. The number of nitrogens with zero attached hydrogens (tertiary/aromatic N) is 1. The first-order valence-corrected chi connectivity index (χ1v) is 12.0. The maximum Gasteiger partial charge on any atom is 0.261 e. The third-order valence-corrected chi connectivity index (χ3v) is 5.59. The fourth-order valence-electron chi connectivity index (χ4n) is 3.83. The van der Waals surface area contributed by atoms with Crippen molar-refractivity contribution in [2.45, 2.75) is 59.2 Å². The lowest BCUT2D eigenvalue weighted by Crippen LogP contribution is -2.55. The van der Waals surface area contributed by atoms with Crippen LogP contribution in [0.25, 0.3) is 0 Å². The second kappa shape index (κ2) is 11.7. The monoisotopic (exact) mass is 472 g/mol. The predicted molar refractivity (Wildman–Crippen MR) is 140 cm³/mol. The van der Waals surface area contributed by atoms with Gasteiger partial charge in [-0.25, -0.2) is 0 Å². The molecule has 0 heterocycles. The van der Waals surface area contributed by atoms with Gasteiger partial charge in [0.25, 0.3) is 5.91 Å². The van der Waals surface area contributed by atoms with Crippen molar-refractivity contribution in [3.8, 4) is 5.75 Å². The van der Waals surface area contributed by atoms with Crippen LogP contribution in [-0.2, 0) is 22.6 Å². The SMILES string of the molecule is Cc1ccc(CN(C(=O)COc2cccc(C)c2)[C@@H](Cc2ccccc2)C(=O)NC(C)(C)C)cc1. The lowest BCUT2D eigenvalue weighted by molar-refractivity contribution is -0.143. The summed E-state index contributed by atoms with van der Waals surface area (Å²) in [6, 6.07) is 24.7. The van der Waals surface area contributed by atoms with Crippen LogP contribution in [-0.4, -0.2) is 34.9 Å². The number of hydrogen-bond donors (Lipinski definition) is 1. The van der Waals surface area contributed by atoms with Crippen molar-refractivity contribution in [1.82, 2.24) is 10.2 Å². The van der Waals surface area contributed by atoms with E-state index < -0.39 is 11.6 Å². The first-order chi connectivity index (χ1) is 16.6. The molecule has 0 saturated carbocycles. The van der Waals surface area contributed by atoms with Gasteiger partial charge in [0.15, 0.2) is 6.61 Å². The molecule has 3 aromatic rings. The van der Waals surface area contributed by atoms with Crippen LogP contribution in [0.5, 0.6) is 5.75 Å². The van der Waals surface area contributed by atoms with Gasteiger partial charge < -0.3 is 15.0 Å². The molecule has 0 aliphatic rings. The lowest BCUT2D eigenvalue weighted by atomic mass is 10.0. The van der Waals surface area contributed by atoms with Crippen molar-refractivity contribution in [3.05, 3.63) is 101 Å². The summed E-state index contributed by atoms with van der Waals surface area (Å²) in [5, 5.41) is 3.08. The van der Waals surface area contributed by atoms with Crippen molar-refractivity contribution in [2.24, 2.45) is 0 Å². The molecule has 184 valence electrons. The Morgan fingerprint density at radius 3 is 2.17 bits per heavy atom. The molecule has 0 radical (unpaired) electrons. The zero-order valence-electron chi connectivity index (χ0n) is 21.4. The molecule has 5 heteroatoms. The fourth-order valence-corrected chi connectivity index (χ4v) is 3.83. The highest BCUT2D eigenvalue weighted by Gasteiger charge is 2.32. The first-order valence-electron chi connectivity index (χ1n) is 12.0. The van der Waals surface area contributed by atoms with Gasteiger partial charge in [0.2, 0.25) is 5.91 Å². The van der Waals surface area contributed by atoms with E-state index in [1.807, 2.05) is 113 Å². The Hall–Kier alpha value is -3.60. The molecule has 0 saturated heterocycles. The summed E-state index contributed by atoms with van der Waals surface area (Å²) in [5.41, 5.74) is 3.71. The Morgan fingerprint density at radius 1 is 0.857 bits per heavy atom. The van der Waals surface area contributed by atoms with Gasteiger partial charge in [0.05, 0.1) is 0 Å². The highest BCUT2D eigenvalue weighted by atomic mass is 16.5. The van der Waals surface area contributed by atoms with Gasteiger partial charge in [-0.2, -0.15) is 0 Å². The number of amides is 2. The summed E-state index contributed by atoms with van der Waals surface area (Å²) >= 11 is 0. The number of carbonyl (C=O) groups is 2. The van der Waals surface area contributed by atoms with Crippen LogP contribution in [0.15, 0.2) is 78.9 Å². The van der Waals surface area contributed by atoms with Crippen LogP contribution in [0.4, 0.5) is 0 Å². The molecule has 2 amide bonds. The van der Waals surface area contributed by atoms with E-state index in [4.69, 9.17) is 4.74 Å². The molecule has 3 aromatic carbocycles. The van der Waals surface area contributed by atoms with Crippen molar-refractivity contribution < 1.29 is 14.3 Å². The van der Waals surface area contributed by atoms with Crippen molar-refractivity contribution in [3.63, 3.8) is 0 Å². The van der Waals surface area contributed by atoms with Gasteiger partial charge >= 0.3 is 0 Å². The average Bonchev–Trinajstić information content (AvgIpc) is 2.80. The topological polar surface area (TPSA) is 58.6 Å². The van der Waals surface area contributed by atoms with Crippen molar-refractivity contribution >= 4 is 11.8 Å². The number of carbonyl (C=O) groups excluding carboxylic acids is 2. The van der Waals surface area contributed by atoms with E-state index in [1.165, 1.54) is 0 Å². The van der Waals surface area contributed by atoms with Crippen LogP contribution in [0.1, 0.15) is 43.0 Å². The van der Waals surface area contributed by atoms with E-state index in [2.05, 4.69) is 5.32 Å². The summed E-state index contributed by atoms with van der Waals surface area (Å²) in [6.07, 6.45) is 0.408. The summed E-state index contributed by atoms with van der Waals surface area (Å²) in [6.45, 7) is 9.99. The van der Waals surface area contributed by atoms with Gasteiger partial charge in [-0.05, 0) is 63.4 Å². The van der Waals surface area contributed by atoms with E-state index in [0.29, 0.717) is 18.7 Å². The Morgan fingerprint density at radius 2 is 1.54 bits per heavy atom. The molecule has 0 fully saturated rings. The average molecular weight is 473 g/mol. The van der Waals surface area contributed by atoms with E-state index in [0.717, 1.165) is 22.3 Å². The van der Waals surface area contributed by atoms with E-state index in [-0.39, 0.29) is 18.4 Å². The highest BCUT2D eigenvalue weighted by Crippen LogP contribution is 2.18. The zero-order valence-corrected chi connectivity index (χ0v) is 21.4. The second-order valence-electron chi connectivity index (χ2n) is 10.1. The normalized spacial score (nSPS) is 12.0. The summed E-state index contributed by atoms with van der Waals surface area (Å²) in [7, 11) is 0. The van der Waals surface area contributed by atoms with Crippen LogP contribution in [0.2, 0.25) is 0 Å². The number of aryl methyl sites for hydroxylation is 2. The third kappa shape index (κ3) is 8.29. The molecule has 0 bridgehead atoms. The van der Waals surface area contributed by atoms with Crippen LogP contribution >= 0.6 is 0 Å². The number of benzene rings is 3. The summed E-state index contributed by atoms with van der Waals surface area (Å²) in [5.74, 6) is 0.210. The summed E-state index contributed by atoms with van der Waals surface area (Å²) in [4.78, 5) is 28.8. The molecule has 0 aromatic heterocycles. The smallest absolute Gasteiger partial charge is 0.261 e. The summed E-state index contributed by atoms with van der Waals surface area (Å²) < 4.78 is 5.84. The second-order valence-corrected chi connectivity index (χ2v) is 10.1. The zero-order chi connectivity index (χ0) is 25.4. The van der Waals surface area contributed by atoms with E-state index >= 15 is 0 Å². The van der Waals surface area contributed by atoms with Crippen LogP contribution < -0.4 is 10.1 Å². The Kier molecular flexibility index (Phi) is 8.69. The first kappa shape index (κ1) is 26.0. The number of rotatable bonds is 9. The Bertz CT molecular complexity index is 1120. The van der Waals surface area contributed by atoms with Gasteiger partial charge in [0.1, 0.15) is 11.8 Å². The molecular weight excluding hydrogens is 436 g/mol. The van der Waals surface area contributed by atoms with Crippen molar-refractivity contribution in [2.75, 3.05) is 6.61 Å². The molecule has 0 unspecified atom stereocenters. The molecule has 1 N–H and O–H groups in total. The van der Waals surface area contributed by atoms with Gasteiger partial charge in [-0.3, -0.25) is 9.59 Å². The molecule has 0 spiro atoms. The number of ether oxygens (including phenoxy) is 1. The third-order valence-electron chi connectivity index (χ3n) is 5.59. The Labute approximate surface area is 209 Å². The molecule has 5 nitrogen and oxygen atoms in total. The number of hydrogen-bond acceptors (Lipinski definition) is 3. The van der Waals surface area contributed by atoms with Gasteiger partial charge in [0, 0.05) is 18.5 Å². The maximum atomic E-state index is 13.6. The molecule has 3 rings (SSSR count). The van der Waals surface area contributed by atoms with Crippen LogP contribution in [0.3, 0.4) is 0 Å². The van der Waals surface area contributed by atoms with Crippen molar-refractivity contribution in [1.29, 1.82) is 0 Å². The largest absolute Gasteiger partial charge is 0.484 e. The molecular formula is C30H36N2O3. The van der Waals surface area contributed by atoms with E-state index in [1.54, 1.807) is 4.90 Å². The molecule has 0 aliphatic carbocycles. The minimum absolute atomic E-state index is 0.149. The van der Waals surface area contributed by atoms with E-state index in [9.17, 15) is 9.59 Å². The minimum Gasteiger partial charge on any atom is -0.484 e. The Balaban J connectivity index is 1.92. The van der Waals surface area contributed by atoms with Crippen LogP contribution in [0, 0.1) is 13.8 Å². The fraction of sp³-hybridized carbons (Fsp3) is 0.333. The standard InChI is InChI=1S/C30H36N2O3/c1-22-14-16-25(17-15-22)20-32(28(33)21-35-26-13-9-10-23(2)18-26)27(29(34)31-30(3,4)5)19-24-11-7-6-8-12-24/h6-18,27H,19-21H2,1-5H3,(H,31,34)/t27-/m0/s1. The molecule has 1 atom stereocenters. The lowest BCUT2D eigenvalue weighted by Gasteiger charge is -2.33. The predicted octanol–water partition coefficient (Wildman–Crippen LogP) is 5.24. The highest BCUT2D eigenvalue weighted by molar-refractivity contribution is 5.89. The molecule has 35 heavy (non-hydrogen) atoms. The van der Waals surface area contributed by atoms with Gasteiger partial charge in [-0.15, -0.1) is 0 Å².